The van der Waals surface area contributed by atoms with Crippen molar-refractivity contribution < 1.29 is 13.6 Å². The lowest BCUT2D eigenvalue weighted by Gasteiger charge is -2.31. The first-order chi connectivity index (χ1) is 12.2. The van der Waals surface area contributed by atoms with Crippen LogP contribution in [-0.2, 0) is 0 Å². The maximum Gasteiger partial charge on any atom is 0.298 e. The number of hydrogen-bond acceptors (Lipinski definition) is 6. The van der Waals surface area contributed by atoms with Crippen molar-refractivity contribution in [2.24, 2.45) is 0 Å². The second-order valence-corrected chi connectivity index (χ2v) is 5.96. The number of benzene rings is 1. The Morgan fingerprint density at radius 3 is 3.12 bits per heavy atom. The van der Waals surface area contributed by atoms with Gasteiger partial charge in [0.15, 0.2) is 5.58 Å². The Labute approximate surface area is 142 Å². The molecule has 4 rings (SSSR count). The third kappa shape index (κ3) is 3.28. The second kappa shape index (κ2) is 6.46. The zero-order chi connectivity index (χ0) is 17.2. The third-order valence-electron chi connectivity index (χ3n) is 4.16. The Morgan fingerprint density at radius 2 is 2.28 bits per heavy atom. The number of fused-ring (bicyclic) bond motifs is 1. The topological polar surface area (TPSA) is 84.2 Å². The molecule has 1 aromatic carbocycles. The molecule has 0 spiro atoms. The highest BCUT2D eigenvalue weighted by atomic mass is 19.1. The standard InChI is InChI=1S/C17H16FN5O2/c18-11-3-4-13-15(8-11)25-17(22-13)23-7-1-2-12(10-23)21-16(24)14-9-19-5-6-20-14/h3-6,8-9,12H,1-2,7,10H2,(H,21,24). The molecule has 3 aromatic rings. The van der Waals surface area contributed by atoms with Crippen LogP contribution in [0.4, 0.5) is 10.4 Å². The van der Waals surface area contributed by atoms with Crippen molar-refractivity contribution in [2.45, 2.75) is 18.9 Å². The molecule has 1 aliphatic rings. The number of amides is 1. The fourth-order valence-corrected chi connectivity index (χ4v) is 2.97. The summed E-state index contributed by atoms with van der Waals surface area (Å²) in [5.74, 6) is -0.609. The van der Waals surface area contributed by atoms with E-state index in [9.17, 15) is 9.18 Å². The van der Waals surface area contributed by atoms with Gasteiger partial charge in [0.1, 0.15) is 17.0 Å². The molecule has 1 unspecified atom stereocenters. The van der Waals surface area contributed by atoms with Crippen LogP contribution in [0.25, 0.3) is 11.1 Å². The maximum atomic E-state index is 13.3. The largest absolute Gasteiger partial charge is 0.423 e. The molecule has 1 amide bonds. The summed E-state index contributed by atoms with van der Waals surface area (Å²) in [6.45, 7) is 1.34. The molecule has 0 saturated carbocycles. The normalized spacial score (nSPS) is 17.6. The van der Waals surface area contributed by atoms with Crippen LogP contribution in [0.15, 0.2) is 41.2 Å². The van der Waals surface area contributed by atoms with Crippen LogP contribution in [0, 0.1) is 5.82 Å². The summed E-state index contributed by atoms with van der Waals surface area (Å²) in [5.41, 5.74) is 1.32. The molecule has 7 nitrogen and oxygen atoms in total. The predicted molar refractivity (Wildman–Crippen MR) is 88.7 cm³/mol. The highest BCUT2D eigenvalue weighted by Crippen LogP contribution is 2.25. The van der Waals surface area contributed by atoms with E-state index in [2.05, 4.69) is 20.3 Å². The first kappa shape index (κ1) is 15.5. The average molecular weight is 341 g/mol. The molecular weight excluding hydrogens is 325 g/mol. The number of hydrogen-bond donors (Lipinski definition) is 1. The van der Waals surface area contributed by atoms with E-state index >= 15 is 0 Å². The summed E-state index contributed by atoms with van der Waals surface area (Å²) < 4.78 is 19.0. The third-order valence-corrected chi connectivity index (χ3v) is 4.16. The lowest BCUT2D eigenvalue weighted by atomic mass is 10.1. The van der Waals surface area contributed by atoms with E-state index in [-0.39, 0.29) is 23.5 Å². The summed E-state index contributed by atoms with van der Waals surface area (Å²) in [6.07, 6.45) is 6.19. The van der Waals surface area contributed by atoms with Crippen molar-refractivity contribution in [2.75, 3.05) is 18.0 Å². The minimum atomic E-state index is -0.358. The van der Waals surface area contributed by atoms with Gasteiger partial charge in [-0.05, 0) is 25.0 Å². The SMILES string of the molecule is O=C(NC1CCCN(c2nc3ccc(F)cc3o2)C1)c1cnccn1. The fourth-order valence-electron chi connectivity index (χ4n) is 2.97. The number of piperidine rings is 1. The van der Waals surface area contributed by atoms with Gasteiger partial charge in [0.05, 0.1) is 6.20 Å². The van der Waals surface area contributed by atoms with Crippen molar-refractivity contribution in [3.8, 4) is 0 Å². The molecule has 1 atom stereocenters. The molecule has 1 fully saturated rings. The monoisotopic (exact) mass is 341 g/mol. The first-order valence-electron chi connectivity index (χ1n) is 8.07. The van der Waals surface area contributed by atoms with Gasteiger partial charge in [-0.25, -0.2) is 9.37 Å². The number of rotatable bonds is 3. The van der Waals surface area contributed by atoms with Crippen molar-refractivity contribution in [1.82, 2.24) is 20.3 Å². The molecule has 8 heteroatoms. The van der Waals surface area contributed by atoms with Crippen molar-refractivity contribution in [3.05, 3.63) is 48.3 Å². The minimum Gasteiger partial charge on any atom is -0.423 e. The Kier molecular flexibility index (Phi) is 4.01. The summed E-state index contributed by atoms with van der Waals surface area (Å²) in [5, 5.41) is 2.97. The van der Waals surface area contributed by atoms with Crippen LogP contribution in [0.5, 0.6) is 0 Å². The average Bonchev–Trinajstić information content (AvgIpc) is 3.06. The van der Waals surface area contributed by atoms with E-state index in [0.717, 1.165) is 19.4 Å². The zero-order valence-corrected chi connectivity index (χ0v) is 13.4. The Morgan fingerprint density at radius 1 is 1.36 bits per heavy atom. The molecule has 0 aliphatic carbocycles. The highest BCUT2D eigenvalue weighted by molar-refractivity contribution is 5.92. The number of anilines is 1. The fraction of sp³-hybridized carbons (Fsp3) is 0.294. The minimum absolute atomic E-state index is 0.0463. The number of nitrogens with one attached hydrogen (secondary N) is 1. The molecular formula is C17H16FN5O2. The van der Waals surface area contributed by atoms with Crippen LogP contribution in [0.3, 0.4) is 0 Å². The lowest BCUT2D eigenvalue weighted by Crippen LogP contribution is -2.48. The van der Waals surface area contributed by atoms with Crippen LogP contribution in [0.1, 0.15) is 23.3 Å². The van der Waals surface area contributed by atoms with Crippen LogP contribution < -0.4 is 10.2 Å². The lowest BCUT2D eigenvalue weighted by molar-refractivity contribution is 0.0927. The second-order valence-electron chi connectivity index (χ2n) is 5.96. The van der Waals surface area contributed by atoms with Crippen molar-refractivity contribution in [1.29, 1.82) is 0 Å². The number of aromatic nitrogens is 3. The molecule has 128 valence electrons. The summed E-state index contributed by atoms with van der Waals surface area (Å²) in [6, 6.07) is 4.67. The van der Waals surface area contributed by atoms with Gasteiger partial charge in [0, 0.05) is 37.6 Å². The van der Waals surface area contributed by atoms with Crippen molar-refractivity contribution >= 4 is 23.0 Å². The molecule has 0 bridgehead atoms. The van der Waals surface area contributed by atoms with Crippen molar-refractivity contribution in [3.63, 3.8) is 0 Å². The van der Waals surface area contributed by atoms with Gasteiger partial charge >= 0.3 is 0 Å². The smallest absolute Gasteiger partial charge is 0.298 e. The van der Waals surface area contributed by atoms with Gasteiger partial charge in [-0.15, -0.1) is 0 Å². The Balaban J connectivity index is 1.47. The first-order valence-corrected chi connectivity index (χ1v) is 8.07. The highest BCUT2D eigenvalue weighted by Gasteiger charge is 2.25. The molecule has 1 saturated heterocycles. The predicted octanol–water partition coefficient (Wildman–Crippen LogP) is 2.16. The van der Waals surface area contributed by atoms with E-state index in [4.69, 9.17) is 4.42 Å². The van der Waals surface area contributed by atoms with Crippen LogP contribution >= 0.6 is 0 Å². The van der Waals surface area contributed by atoms with E-state index < -0.39 is 0 Å². The van der Waals surface area contributed by atoms with Gasteiger partial charge in [-0.3, -0.25) is 9.78 Å². The number of carbonyl (C=O) groups excluding carboxylic acids is 1. The van der Waals surface area contributed by atoms with Gasteiger partial charge < -0.3 is 14.6 Å². The van der Waals surface area contributed by atoms with E-state index in [1.807, 2.05) is 4.90 Å². The number of halogens is 1. The summed E-state index contributed by atoms with van der Waals surface area (Å²) >= 11 is 0. The molecule has 0 radical (unpaired) electrons. The Hall–Kier alpha value is -3.03. The van der Waals surface area contributed by atoms with Crippen LogP contribution in [-0.4, -0.2) is 40.0 Å². The quantitative estimate of drug-likeness (QED) is 0.786. The molecule has 25 heavy (non-hydrogen) atoms. The Bertz CT molecular complexity index is 898. The number of carbonyl (C=O) groups is 1. The van der Waals surface area contributed by atoms with Gasteiger partial charge in [-0.1, -0.05) is 0 Å². The number of oxazole rings is 1. The molecule has 1 aliphatic heterocycles. The van der Waals surface area contributed by atoms with E-state index in [0.29, 0.717) is 23.7 Å². The zero-order valence-electron chi connectivity index (χ0n) is 13.4. The van der Waals surface area contributed by atoms with Crippen LogP contribution in [0.2, 0.25) is 0 Å². The molecule has 1 N–H and O–H groups in total. The maximum absolute atomic E-state index is 13.3. The van der Waals surface area contributed by atoms with Gasteiger partial charge in [0.25, 0.3) is 11.9 Å². The van der Waals surface area contributed by atoms with E-state index in [1.54, 1.807) is 6.07 Å². The number of nitrogens with zero attached hydrogens (tertiary/aromatic N) is 4. The van der Waals surface area contributed by atoms with Gasteiger partial charge in [0.2, 0.25) is 0 Å². The summed E-state index contributed by atoms with van der Waals surface area (Å²) in [4.78, 5) is 26.5. The van der Waals surface area contributed by atoms with Gasteiger partial charge in [-0.2, -0.15) is 4.98 Å². The summed E-state index contributed by atoms with van der Waals surface area (Å²) in [7, 11) is 0. The molecule has 2 aromatic heterocycles. The van der Waals surface area contributed by atoms with E-state index in [1.165, 1.54) is 30.7 Å². The molecule has 3 heterocycles.